The molecule has 0 fully saturated rings. The van der Waals surface area contributed by atoms with E-state index in [1.165, 1.54) is 0 Å². The van der Waals surface area contributed by atoms with Gasteiger partial charge >= 0.3 is 0 Å². The highest BCUT2D eigenvalue weighted by molar-refractivity contribution is 5.24. The predicted molar refractivity (Wildman–Crippen MR) is 59.1 cm³/mol. The van der Waals surface area contributed by atoms with Gasteiger partial charge in [-0.2, -0.15) is 0 Å². The normalized spacial score (nSPS) is 10.9. The highest BCUT2D eigenvalue weighted by Crippen LogP contribution is 2.19. The molecule has 96 valence electrons. The molecule has 0 saturated carbocycles. The number of hydrogen-bond donors (Lipinski definition) is 0. The van der Waals surface area contributed by atoms with Gasteiger partial charge in [0.25, 0.3) is 5.89 Å². The van der Waals surface area contributed by atoms with Gasteiger partial charge in [0.1, 0.15) is 5.82 Å². The summed E-state index contributed by atoms with van der Waals surface area (Å²) in [5.74, 6) is -0.577. The van der Waals surface area contributed by atoms with E-state index in [4.69, 9.17) is 9.15 Å². The summed E-state index contributed by atoms with van der Waals surface area (Å²) in [7, 11) is 0. The molecule has 0 atom stereocenters. The van der Waals surface area contributed by atoms with Crippen LogP contribution in [0.15, 0.2) is 22.6 Å². The predicted octanol–water partition coefficient (Wildman–Crippen LogP) is 3.05. The van der Waals surface area contributed by atoms with Gasteiger partial charge in [0.2, 0.25) is 5.89 Å². The second kappa shape index (κ2) is 5.12. The van der Waals surface area contributed by atoms with E-state index in [1.54, 1.807) is 0 Å². The molecule has 0 unspecified atom stereocenters. The van der Waals surface area contributed by atoms with E-state index in [9.17, 15) is 8.78 Å². The van der Waals surface area contributed by atoms with Crippen LogP contribution in [0.3, 0.4) is 0 Å². The Morgan fingerprint density at radius 1 is 1.28 bits per heavy atom. The molecule has 0 aliphatic heterocycles. The van der Waals surface area contributed by atoms with Gasteiger partial charge in [-0.05, 0) is 12.1 Å². The van der Waals surface area contributed by atoms with Crippen LogP contribution in [0.4, 0.5) is 8.78 Å². The Morgan fingerprint density at radius 3 is 2.72 bits per heavy atom. The molecule has 0 radical (unpaired) electrons. The number of aromatic nitrogens is 2. The van der Waals surface area contributed by atoms with Crippen molar-refractivity contribution in [1.82, 2.24) is 10.2 Å². The smallest absolute Gasteiger partial charge is 0.253 e. The van der Waals surface area contributed by atoms with Gasteiger partial charge in [0.15, 0.2) is 18.2 Å². The monoisotopic (exact) mass is 254 g/mol. The van der Waals surface area contributed by atoms with Crippen LogP contribution in [0.2, 0.25) is 0 Å². The van der Waals surface area contributed by atoms with Crippen molar-refractivity contribution in [2.75, 3.05) is 0 Å². The van der Waals surface area contributed by atoms with Crippen molar-refractivity contribution < 1.29 is 17.9 Å². The standard InChI is InChI=1S/C12H12F2N2O2/c1-7(2)12-16-15-11(18-12)6-17-10-5-8(13)3-4-9(10)14/h3-5,7H,6H2,1-2H3. The zero-order valence-electron chi connectivity index (χ0n) is 9.98. The second-order valence-electron chi connectivity index (χ2n) is 4.05. The lowest BCUT2D eigenvalue weighted by Crippen LogP contribution is -1.98. The minimum absolute atomic E-state index is 0.0971. The Labute approximate surface area is 103 Å². The molecule has 0 aliphatic carbocycles. The van der Waals surface area contributed by atoms with Gasteiger partial charge in [-0.25, -0.2) is 8.78 Å². The molecule has 18 heavy (non-hydrogen) atoms. The van der Waals surface area contributed by atoms with E-state index in [1.807, 2.05) is 13.8 Å². The molecule has 0 amide bonds. The van der Waals surface area contributed by atoms with Crippen LogP contribution in [0.1, 0.15) is 31.5 Å². The first kappa shape index (κ1) is 12.5. The molecule has 1 aromatic carbocycles. The van der Waals surface area contributed by atoms with Gasteiger partial charge in [-0.1, -0.05) is 13.8 Å². The second-order valence-corrected chi connectivity index (χ2v) is 4.05. The quantitative estimate of drug-likeness (QED) is 0.841. The minimum Gasteiger partial charge on any atom is -0.481 e. The Bertz CT molecular complexity index is 541. The molecular formula is C12H12F2N2O2. The highest BCUT2D eigenvalue weighted by atomic mass is 19.1. The Kier molecular flexibility index (Phi) is 3.55. The zero-order chi connectivity index (χ0) is 13.1. The Morgan fingerprint density at radius 2 is 2.06 bits per heavy atom. The summed E-state index contributed by atoms with van der Waals surface area (Å²) in [6, 6.07) is 2.98. The van der Waals surface area contributed by atoms with E-state index in [0.717, 1.165) is 18.2 Å². The van der Waals surface area contributed by atoms with Crippen LogP contribution in [0.5, 0.6) is 5.75 Å². The molecule has 6 heteroatoms. The fourth-order valence-corrected chi connectivity index (χ4v) is 1.29. The van der Waals surface area contributed by atoms with Crippen molar-refractivity contribution >= 4 is 0 Å². The number of nitrogens with zero attached hydrogens (tertiary/aromatic N) is 2. The van der Waals surface area contributed by atoms with Crippen LogP contribution in [0.25, 0.3) is 0 Å². The van der Waals surface area contributed by atoms with Crippen molar-refractivity contribution in [1.29, 1.82) is 0 Å². The number of benzene rings is 1. The summed E-state index contributed by atoms with van der Waals surface area (Å²) in [5, 5.41) is 7.55. The van der Waals surface area contributed by atoms with Crippen LogP contribution < -0.4 is 4.74 Å². The summed E-state index contributed by atoms with van der Waals surface area (Å²) >= 11 is 0. The third-order valence-electron chi connectivity index (χ3n) is 2.22. The Hall–Kier alpha value is -1.98. The van der Waals surface area contributed by atoms with Crippen LogP contribution >= 0.6 is 0 Å². The van der Waals surface area contributed by atoms with Crippen LogP contribution in [0, 0.1) is 11.6 Å². The highest BCUT2D eigenvalue weighted by Gasteiger charge is 2.11. The lowest BCUT2D eigenvalue weighted by molar-refractivity contribution is 0.246. The maximum atomic E-state index is 13.2. The third kappa shape index (κ3) is 2.82. The first-order chi connectivity index (χ1) is 8.56. The lowest BCUT2D eigenvalue weighted by atomic mass is 10.2. The van der Waals surface area contributed by atoms with Gasteiger partial charge < -0.3 is 9.15 Å². The Balaban J connectivity index is 2.04. The average molecular weight is 254 g/mol. The molecule has 2 rings (SSSR count). The molecule has 0 N–H and O–H groups in total. The molecule has 0 aliphatic rings. The minimum atomic E-state index is -0.639. The zero-order valence-corrected chi connectivity index (χ0v) is 9.98. The van der Waals surface area contributed by atoms with Crippen LogP contribution in [-0.4, -0.2) is 10.2 Å². The average Bonchev–Trinajstić information content (AvgIpc) is 2.79. The maximum absolute atomic E-state index is 13.2. The molecule has 2 aromatic rings. The number of rotatable bonds is 4. The summed E-state index contributed by atoms with van der Waals surface area (Å²) in [6.07, 6.45) is 0. The fourth-order valence-electron chi connectivity index (χ4n) is 1.29. The van der Waals surface area contributed by atoms with E-state index in [2.05, 4.69) is 10.2 Å². The summed E-state index contributed by atoms with van der Waals surface area (Å²) in [4.78, 5) is 0. The SMILES string of the molecule is CC(C)c1nnc(COc2cc(F)ccc2F)o1. The summed E-state index contributed by atoms with van der Waals surface area (Å²) in [5.41, 5.74) is 0. The molecule has 1 aromatic heterocycles. The van der Waals surface area contributed by atoms with E-state index in [0.29, 0.717) is 5.89 Å². The van der Waals surface area contributed by atoms with Crippen molar-refractivity contribution in [2.24, 2.45) is 0 Å². The van der Waals surface area contributed by atoms with Crippen molar-refractivity contribution in [2.45, 2.75) is 26.4 Å². The third-order valence-corrected chi connectivity index (χ3v) is 2.22. The van der Waals surface area contributed by atoms with E-state index >= 15 is 0 Å². The molecule has 0 spiro atoms. The molecule has 0 saturated heterocycles. The van der Waals surface area contributed by atoms with Gasteiger partial charge in [0.05, 0.1) is 0 Å². The van der Waals surface area contributed by atoms with Crippen molar-refractivity contribution in [3.8, 4) is 5.75 Å². The topological polar surface area (TPSA) is 48.2 Å². The summed E-state index contributed by atoms with van der Waals surface area (Å²) < 4.78 is 36.5. The first-order valence-corrected chi connectivity index (χ1v) is 5.46. The molecule has 4 nitrogen and oxygen atoms in total. The van der Waals surface area contributed by atoms with Gasteiger partial charge in [0, 0.05) is 12.0 Å². The van der Waals surface area contributed by atoms with Gasteiger partial charge in [-0.15, -0.1) is 10.2 Å². The van der Waals surface area contributed by atoms with Crippen LogP contribution in [-0.2, 0) is 6.61 Å². The fraction of sp³-hybridized carbons (Fsp3) is 0.333. The van der Waals surface area contributed by atoms with Gasteiger partial charge in [-0.3, -0.25) is 0 Å². The summed E-state index contributed by atoms with van der Waals surface area (Å²) in [6.45, 7) is 3.72. The lowest BCUT2D eigenvalue weighted by Gasteiger charge is -2.04. The molecule has 0 bridgehead atoms. The first-order valence-electron chi connectivity index (χ1n) is 5.46. The number of hydrogen-bond acceptors (Lipinski definition) is 4. The van der Waals surface area contributed by atoms with Crippen molar-refractivity contribution in [3.63, 3.8) is 0 Å². The maximum Gasteiger partial charge on any atom is 0.253 e. The largest absolute Gasteiger partial charge is 0.481 e. The van der Waals surface area contributed by atoms with E-state index < -0.39 is 11.6 Å². The molecule has 1 heterocycles. The van der Waals surface area contributed by atoms with E-state index in [-0.39, 0.29) is 24.2 Å². The molecular weight excluding hydrogens is 242 g/mol. The number of halogens is 2. The van der Waals surface area contributed by atoms with Crippen molar-refractivity contribution in [3.05, 3.63) is 41.6 Å². The number of ether oxygens (including phenoxy) is 1.